The number of halogens is 3. The minimum atomic E-state index is -4.62. The minimum Gasteiger partial charge on any atom is -0.370 e. The van der Waals surface area contributed by atoms with Crippen molar-refractivity contribution in [2.45, 2.75) is 12.6 Å². The number of anilines is 2. The molecule has 18 heavy (non-hydrogen) atoms. The zero-order chi connectivity index (χ0) is 13.8. The highest BCUT2D eigenvalue weighted by Crippen LogP contribution is 2.29. The van der Waals surface area contributed by atoms with Crippen LogP contribution in [0.15, 0.2) is 6.07 Å². The number of nitrogens with two attached hydrogens (primary N) is 2. The van der Waals surface area contributed by atoms with Crippen LogP contribution in [0.1, 0.15) is 12.1 Å². The van der Waals surface area contributed by atoms with Gasteiger partial charge in [0.1, 0.15) is 5.82 Å². The summed E-state index contributed by atoms with van der Waals surface area (Å²) in [6.45, 7) is 0.0632. The number of carbonyl (C=O) groups excluding carboxylic acids is 1. The number of rotatable bonds is 5. The van der Waals surface area contributed by atoms with E-state index in [1.54, 1.807) is 0 Å². The van der Waals surface area contributed by atoms with Crippen LogP contribution in [-0.2, 0) is 11.0 Å². The monoisotopic (exact) mass is 264 g/mol. The van der Waals surface area contributed by atoms with E-state index >= 15 is 0 Å². The largest absolute Gasteiger partial charge is 0.433 e. The van der Waals surface area contributed by atoms with Crippen LogP contribution in [0.25, 0.3) is 0 Å². The molecule has 1 rings (SSSR count). The third-order valence-electron chi connectivity index (χ3n) is 1.82. The van der Waals surface area contributed by atoms with Gasteiger partial charge in [0.2, 0.25) is 11.9 Å². The Balaban J connectivity index is 2.87. The van der Waals surface area contributed by atoms with E-state index in [9.17, 15) is 18.0 Å². The average Bonchev–Trinajstić information content (AvgIpc) is 2.27. The lowest BCUT2D eigenvalue weighted by molar-refractivity contribution is -0.141. The number of hydrogen-bond donors (Lipinski definition) is 4. The highest BCUT2D eigenvalue weighted by atomic mass is 19.4. The second kappa shape index (κ2) is 5.49. The number of aromatic nitrogens is 2. The maximum atomic E-state index is 12.5. The zero-order valence-corrected chi connectivity index (χ0v) is 9.08. The molecule has 0 unspecified atom stereocenters. The van der Waals surface area contributed by atoms with Gasteiger partial charge in [-0.15, -0.1) is 0 Å². The van der Waals surface area contributed by atoms with Crippen LogP contribution < -0.4 is 22.3 Å². The Bertz CT molecular complexity index is 435. The smallest absolute Gasteiger partial charge is 0.370 e. The number of carbonyl (C=O) groups is 1. The topological polar surface area (TPSA) is 119 Å². The molecule has 0 aliphatic carbocycles. The number of nitrogens with one attached hydrogen (secondary N) is 2. The summed E-state index contributed by atoms with van der Waals surface area (Å²) in [6.07, 6.45) is -4.65. The van der Waals surface area contributed by atoms with E-state index < -0.39 is 17.8 Å². The maximum Gasteiger partial charge on any atom is 0.433 e. The summed E-state index contributed by atoms with van der Waals surface area (Å²) in [5, 5.41) is 2.52. The van der Waals surface area contributed by atoms with Crippen molar-refractivity contribution in [3.63, 3.8) is 0 Å². The molecule has 0 saturated carbocycles. The molecule has 0 aliphatic heterocycles. The van der Waals surface area contributed by atoms with Gasteiger partial charge in [-0.25, -0.2) is 10.8 Å². The summed E-state index contributed by atoms with van der Waals surface area (Å²) in [7, 11) is 0. The van der Waals surface area contributed by atoms with Gasteiger partial charge in [0.15, 0.2) is 5.69 Å². The maximum absolute atomic E-state index is 12.5. The molecule has 10 heteroatoms. The second-order valence-corrected chi connectivity index (χ2v) is 3.25. The second-order valence-electron chi connectivity index (χ2n) is 3.25. The Morgan fingerprint density at radius 2 is 2.06 bits per heavy atom. The van der Waals surface area contributed by atoms with Crippen molar-refractivity contribution in [3.05, 3.63) is 11.8 Å². The molecular weight excluding hydrogens is 253 g/mol. The Kier molecular flexibility index (Phi) is 4.26. The van der Waals surface area contributed by atoms with E-state index in [2.05, 4.69) is 15.3 Å². The third-order valence-corrected chi connectivity index (χ3v) is 1.82. The molecule has 0 spiro atoms. The molecule has 1 amide bonds. The molecule has 0 fully saturated rings. The Hall–Kier alpha value is -2.10. The number of hydrazine groups is 1. The molecule has 100 valence electrons. The fraction of sp³-hybridized carbons (Fsp3) is 0.375. The van der Waals surface area contributed by atoms with Crippen molar-refractivity contribution < 1.29 is 18.0 Å². The van der Waals surface area contributed by atoms with Crippen molar-refractivity contribution >= 4 is 17.7 Å². The summed E-state index contributed by atoms with van der Waals surface area (Å²) >= 11 is 0. The van der Waals surface area contributed by atoms with E-state index in [4.69, 9.17) is 11.6 Å². The molecule has 0 aliphatic rings. The van der Waals surface area contributed by atoms with Crippen LogP contribution in [-0.4, -0.2) is 22.4 Å². The Labute approximate surface area is 99.7 Å². The number of alkyl halides is 3. The van der Waals surface area contributed by atoms with Crippen molar-refractivity contribution in [3.8, 4) is 0 Å². The van der Waals surface area contributed by atoms with Gasteiger partial charge in [-0.2, -0.15) is 18.2 Å². The number of primary amides is 1. The van der Waals surface area contributed by atoms with Crippen molar-refractivity contribution in [1.82, 2.24) is 9.97 Å². The van der Waals surface area contributed by atoms with Crippen LogP contribution in [0.2, 0.25) is 0 Å². The third kappa shape index (κ3) is 4.05. The molecular formula is C8H11F3N6O. The molecule has 0 aromatic carbocycles. The van der Waals surface area contributed by atoms with E-state index in [1.165, 1.54) is 0 Å². The first-order valence-electron chi connectivity index (χ1n) is 4.78. The normalized spacial score (nSPS) is 11.1. The van der Waals surface area contributed by atoms with Gasteiger partial charge in [-0.3, -0.25) is 10.2 Å². The molecule has 6 N–H and O–H groups in total. The van der Waals surface area contributed by atoms with Crippen LogP contribution in [0.5, 0.6) is 0 Å². The number of hydrogen-bond acceptors (Lipinski definition) is 6. The van der Waals surface area contributed by atoms with Gasteiger partial charge in [0.25, 0.3) is 0 Å². The highest BCUT2D eigenvalue weighted by molar-refractivity contribution is 5.74. The predicted octanol–water partition coefficient (Wildman–Crippen LogP) is 0.0683. The van der Waals surface area contributed by atoms with Crippen LogP contribution in [0.3, 0.4) is 0 Å². The molecule has 0 saturated heterocycles. The fourth-order valence-corrected chi connectivity index (χ4v) is 1.06. The predicted molar refractivity (Wildman–Crippen MR) is 57.1 cm³/mol. The number of amides is 1. The summed E-state index contributed by atoms with van der Waals surface area (Å²) in [6, 6.07) is 0.710. The molecule has 0 atom stereocenters. The van der Waals surface area contributed by atoms with E-state index in [1.807, 2.05) is 5.43 Å². The van der Waals surface area contributed by atoms with Gasteiger partial charge >= 0.3 is 6.18 Å². The molecule has 1 heterocycles. The Morgan fingerprint density at radius 1 is 1.39 bits per heavy atom. The molecule has 0 radical (unpaired) electrons. The summed E-state index contributed by atoms with van der Waals surface area (Å²) in [5.74, 6) is 3.90. The minimum absolute atomic E-state index is 0.0310. The Morgan fingerprint density at radius 3 is 2.56 bits per heavy atom. The average molecular weight is 264 g/mol. The lowest BCUT2D eigenvalue weighted by atomic mass is 10.3. The molecule has 1 aromatic heterocycles. The number of nitrogens with zero attached hydrogens (tertiary/aromatic N) is 2. The summed E-state index contributed by atoms with van der Waals surface area (Å²) < 4.78 is 37.4. The van der Waals surface area contributed by atoms with Gasteiger partial charge in [0.05, 0.1) is 0 Å². The lowest BCUT2D eigenvalue weighted by Crippen LogP contribution is -2.19. The first-order chi connectivity index (χ1) is 8.32. The van der Waals surface area contributed by atoms with Gasteiger partial charge in [0, 0.05) is 19.0 Å². The van der Waals surface area contributed by atoms with Gasteiger partial charge in [-0.05, 0) is 0 Å². The van der Waals surface area contributed by atoms with Gasteiger partial charge in [-0.1, -0.05) is 0 Å². The van der Waals surface area contributed by atoms with Crippen molar-refractivity contribution in [2.75, 3.05) is 17.3 Å². The van der Waals surface area contributed by atoms with E-state index in [-0.39, 0.29) is 24.7 Å². The lowest BCUT2D eigenvalue weighted by Gasteiger charge is -2.10. The van der Waals surface area contributed by atoms with Gasteiger partial charge < -0.3 is 11.1 Å². The highest BCUT2D eigenvalue weighted by Gasteiger charge is 2.33. The standard InChI is InChI=1S/C8H11F3N6O/c9-8(10,11)4-3-6(14-2-1-5(12)18)16-7(15-4)17-13/h3H,1-2,13H2,(H2,12,18)(H2,14,15,16,17). The van der Waals surface area contributed by atoms with E-state index in [0.717, 1.165) is 0 Å². The van der Waals surface area contributed by atoms with E-state index in [0.29, 0.717) is 6.07 Å². The summed E-state index contributed by atoms with van der Waals surface area (Å²) in [5.41, 5.74) is 5.67. The summed E-state index contributed by atoms with van der Waals surface area (Å²) in [4.78, 5) is 17.3. The van der Waals surface area contributed by atoms with Crippen molar-refractivity contribution in [2.24, 2.45) is 11.6 Å². The first-order valence-corrected chi connectivity index (χ1v) is 4.78. The molecule has 0 bridgehead atoms. The fourth-order valence-electron chi connectivity index (χ4n) is 1.06. The zero-order valence-electron chi connectivity index (χ0n) is 9.08. The van der Waals surface area contributed by atoms with Crippen LogP contribution >= 0.6 is 0 Å². The molecule has 7 nitrogen and oxygen atoms in total. The quantitative estimate of drug-likeness (QED) is 0.441. The van der Waals surface area contributed by atoms with Crippen LogP contribution in [0, 0.1) is 0 Å². The first kappa shape index (κ1) is 14.0. The SMILES string of the molecule is NNc1nc(NCCC(N)=O)cc(C(F)(F)F)n1. The van der Waals surface area contributed by atoms with Crippen LogP contribution in [0.4, 0.5) is 24.9 Å². The van der Waals surface area contributed by atoms with Crippen molar-refractivity contribution in [1.29, 1.82) is 0 Å². The number of nitrogen functional groups attached to an aromatic ring is 1. The molecule has 1 aromatic rings.